The smallest absolute Gasteiger partial charge is 0.244 e. The summed E-state index contributed by atoms with van der Waals surface area (Å²) in [5.41, 5.74) is 3.48. The first-order chi connectivity index (χ1) is 14.8. The number of nitrogens with zero attached hydrogens (tertiary/aromatic N) is 2. The van der Waals surface area contributed by atoms with Gasteiger partial charge in [0.1, 0.15) is 27.5 Å². The molecule has 0 saturated heterocycles. The highest BCUT2D eigenvalue weighted by Crippen LogP contribution is 2.36. The number of halogens is 1. The van der Waals surface area contributed by atoms with E-state index in [2.05, 4.69) is 20.9 Å². The number of methoxy groups -OCH3 is 2. The van der Waals surface area contributed by atoms with Crippen LogP contribution in [0.4, 0.5) is 5.69 Å². The van der Waals surface area contributed by atoms with Gasteiger partial charge in [0.25, 0.3) is 0 Å². The van der Waals surface area contributed by atoms with E-state index in [1.807, 2.05) is 56.3 Å². The molecule has 0 saturated carbocycles. The number of aromatic nitrogens is 1. The summed E-state index contributed by atoms with van der Waals surface area (Å²) in [7, 11) is 3.20. The van der Waals surface area contributed by atoms with Gasteiger partial charge in [-0.05, 0) is 77.3 Å². The van der Waals surface area contributed by atoms with Gasteiger partial charge in [-0.3, -0.25) is 4.79 Å². The number of pyridine rings is 1. The zero-order chi connectivity index (χ0) is 22.5. The van der Waals surface area contributed by atoms with E-state index in [1.165, 1.54) is 6.92 Å². The minimum atomic E-state index is -0.153. The van der Waals surface area contributed by atoms with Crippen molar-refractivity contribution in [3.8, 4) is 23.1 Å². The highest BCUT2D eigenvalue weighted by atomic mass is 79.9. The first-order valence-electron chi connectivity index (χ1n) is 9.73. The van der Waals surface area contributed by atoms with Crippen LogP contribution in [0.2, 0.25) is 0 Å². The number of anilines is 1. The second-order valence-electron chi connectivity index (χ2n) is 7.04. The Balaban J connectivity index is 2.05. The van der Waals surface area contributed by atoms with Gasteiger partial charge in [-0.15, -0.1) is 0 Å². The van der Waals surface area contributed by atoms with E-state index in [4.69, 9.17) is 14.2 Å². The first-order valence-corrected chi connectivity index (χ1v) is 10.5. The summed E-state index contributed by atoms with van der Waals surface area (Å²) < 4.78 is 17.6. The summed E-state index contributed by atoms with van der Waals surface area (Å²) in [4.78, 5) is 18.8. The molecule has 162 valence electrons. The molecule has 0 fully saturated rings. The predicted octanol–water partition coefficient (Wildman–Crippen LogP) is 5.82. The van der Waals surface area contributed by atoms with Gasteiger partial charge in [0, 0.05) is 12.5 Å². The molecule has 0 aliphatic heterocycles. The van der Waals surface area contributed by atoms with Crippen LogP contribution in [0.3, 0.4) is 0 Å². The Bertz CT molecular complexity index is 1100. The number of aryl methyl sites for hydroxylation is 1. The van der Waals surface area contributed by atoms with Crippen LogP contribution in [0.15, 0.2) is 53.1 Å². The Morgan fingerprint density at radius 1 is 1.03 bits per heavy atom. The lowest BCUT2D eigenvalue weighted by Gasteiger charge is -2.24. The van der Waals surface area contributed by atoms with Gasteiger partial charge in [0.05, 0.1) is 20.8 Å². The summed E-state index contributed by atoms with van der Waals surface area (Å²) in [5, 5.41) is 0. The number of amides is 1. The molecule has 0 unspecified atom stereocenters. The fraction of sp³-hybridized carbons (Fsp3) is 0.250. The molecule has 1 heterocycles. The molecule has 3 aromatic rings. The van der Waals surface area contributed by atoms with Gasteiger partial charge in [-0.1, -0.05) is 12.1 Å². The highest BCUT2D eigenvalue weighted by molar-refractivity contribution is 9.10. The molecule has 3 rings (SSSR count). The molecule has 0 N–H and O–H groups in total. The summed E-state index contributed by atoms with van der Waals surface area (Å²) in [6.07, 6.45) is 0. The molecule has 1 amide bonds. The molecular formula is C24H25BrN2O4. The summed E-state index contributed by atoms with van der Waals surface area (Å²) in [6.45, 7) is 5.79. The first kappa shape index (κ1) is 22.6. The molecule has 0 aliphatic rings. The maximum Gasteiger partial charge on any atom is 0.244 e. The van der Waals surface area contributed by atoms with Crippen molar-refractivity contribution >= 4 is 27.5 Å². The molecule has 0 aliphatic carbocycles. The monoisotopic (exact) mass is 484 g/mol. The normalized spacial score (nSPS) is 10.5. The van der Waals surface area contributed by atoms with Gasteiger partial charge in [0.2, 0.25) is 11.8 Å². The van der Waals surface area contributed by atoms with E-state index >= 15 is 0 Å². The fourth-order valence-electron chi connectivity index (χ4n) is 3.17. The van der Waals surface area contributed by atoms with Crippen LogP contribution in [-0.2, 0) is 11.3 Å². The number of rotatable bonds is 7. The molecule has 31 heavy (non-hydrogen) atoms. The van der Waals surface area contributed by atoms with Gasteiger partial charge in [-0.25, -0.2) is 4.98 Å². The minimum absolute atomic E-state index is 0.153. The molecule has 0 bridgehead atoms. The number of hydrogen-bond donors (Lipinski definition) is 0. The van der Waals surface area contributed by atoms with Crippen molar-refractivity contribution < 1.29 is 19.0 Å². The lowest BCUT2D eigenvalue weighted by atomic mass is 10.1. The molecule has 2 aromatic carbocycles. The van der Waals surface area contributed by atoms with E-state index in [0.717, 1.165) is 16.7 Å². The molecule has 6 nitrogen and oxygen atoms in total. The largest absolute Gasteiger partial charge is 0.497 e. The maximum atomic E-state index is 12.7. The van der Waals surface area contributed by atoms with Crippen LogP contribution in [0.1, 0.15) is 23.6 Å². The van der Waals surface area contributed by atoms with Gasteiger partial charge >= 0.3 is 0 Å². The summed E-state index contributed by atoms with van der Waals surface area (Å²) in [5.74, 6) is 2.21. The van der Waals surface area contributed by atoms with Crippen molar-refractivity contribution in [1.82, 2.24) is 4.98 Å². The Labute approximate surface area is 190 Å². The van der Waals surface area contributed by atoms with E-state index in [-0.39, 0.29) is 12.5 Å². The van der Waals surface area contributed by atoms with Crippen LogP contribution in [0, 0.1) is 13.8 Å². The second kappa shape index (κ2) is 9.83. The number of carbonyl (C=O) groups excluding carboxylic acids is 1. The molecule has 1 aromatic heterocycles. The van der Waals surface area contributed by atoms with Gasteiger partial charge in [-0.2, -0.15) is 0 Å². The van der Waals surface area contributed by atoms with Crippen molar-refractivity contribution in [2.75, 3.05) is 19.1 Å². The minimum Gasteiger partial charge on any atom is -0.497 e. The summed E-state index contributed by atoms with van der Waals surface area (Å²) in [6, 6.07) is 14.9. The lowest BCUT2D eigenvalue weighted by molar-refractivity contribution is -0.116. The molecule has 7 heteroatoms. The predicted molar refractivity (Wildman–Crippen MR) is 124 cm³/mol. The lowest BCUT2D eigenvalue weighted by Crippen LogP contribution is -2.28. The Kier molecular flexibility index (Phi) is 7.17. The van der Waals surface area contributed by atoms with Crippen LogP contribution in [-0.4, -0.2) is 25.1 Å². The van der Waals surface area contributed by atoms with E-state index in [9.17, 15) is 4.79 Å². The van der Waals surface area contributed by atoms with Crippen molar-refractivity contribution in [3.05, 3.63) is 69.8 Å². The highest BCUT2D eigenvalue weighted by Gasteiger charge is 2.21. The van der Waals surface area contributed by atoms with Crippen molar-refractivity contribution in [2.24, 2.45) is 0 Å². The van der Waals surface area contributed by atoms with Crippen LogP contribution < -0.4 is 19.1 Å². The third-order valence-electron chi connectivity index (χ3n) is 5.05. The topological polar surface area (TPSA) is 60.9 Å². The second-order valence-corrected chi connectivity index (χ2v) is 7.85. The van der Waals surface area contributed by atoms with Crippen molar-refractivity contribution in [1.29, 1.82) is 0 Å². The SMILES string of the molecule is COc1ccc(OC)c(CN(C(C)=O)c2ccc(Br)nc2Oc2cccc(C)c2C)c1. The van der Waals surface area contributed by atoms with Crippen molar-refractivity contribution in [2.45, 2.75) is 27.3 Å². The summed E-state index contributed by atoms with van der Waals surface area (Å²) >= 11 is 3.41. The molecule has 0 atom stereocenters. The van der Waals surface area contributed by atoms with E-state index in [1.54, 1.807) is 25.2 Å². The standard InChI is InChI=1S/C24H25BrN2O4/c1-15-7-6-8-21(16(15)2)31-24-20(10-12-23(25)26-24)27(17(3)28)14-18-13-19(29-4)9-11-22(18)30-5/h6-13H,14H2,1-5H3. The van der Waals surface area contributed by atoms with Crippen molar-refractivity contribution in [3.63, 3.8) is 0 Å². The molecule has 0 radical (unpaired) electrons. The van der Waals surface area contributed by atoms with E-state index < -0.39 is 0 Å². The van der Waals surface area contributed by atoms with Crippen LogP contribution in [0.25, 0.3) is 0 Å². The third kappa shape index (κ3) is 5.17. The third-order valence-corrected chi connectivity index (χ3v) is 5.50. The zero-order valence-corrected chi connectivity index (χ0v) is 19.8. The number of benzene rings is 2. The average Bonchev–Trinajstić information content (AvgIpc) is 2.75. The number of hydrogen-bond acceptors (Lipinski definition) is 5. The number of carbonyl (C=O) groups is 1. The van der Waals surface area contributed by atoms with Crippen LogP contribution >= 0.6 is 15.9 Å². The quantitative estimate of drug-likeness (QED) is 0.395. The van der Waals surface area contributed by atoms with Crippen LogP contribution in [0.5, 0.6) is 23.1 Å². The Hall–Kier alpha value is -3.06. The molecular weight excluding hydrogens is 460 g/mol. The Morgan fingerprint density at radius 2 is 1.81 bits per heavy atom. The van der Waals surface area contributed by atoms with Gasteiger partial charge < -0.3 is 19.1 Å². The molecule has 0 spiro atoms. The zero-order valence-electron chi connectivity index (χ0n) is 18.2. The number of ether oxygens (including phenoxy) is 3. The van der Waals surface area contributed by atoms with Gasteiger partial charge in [0.15, 0.2) is 0 Å². The fourth-order valence-corrected chi connectivity index (χ4v) is 3.47. The Morgan fingerprint density at radius 3 is 2.48 bits per heavy atom. The maximum absolute atomic E-state index is 12.7. The van der Waals surface area contributed by atoms with E-state index in [0.29, 0.717) is 33.4 Å². The average molecular weight is 485 g/mol.